The lowest BCUT2D eigenvalue weighted by Gasteiger charge is -2.08. The zero-order valence-electron chi connectivity index (χ0n) is 11.3. The number of carbonyl (C=O) groups excluding carboxylic acids is 1. The lowest BCUT2D eigenvalue weighted by Crippen LogP contribution is -2.27. The van der Waals surface area contributed by atoms with Crippen LogP contribution in [0.15, 0.2) is 24.4 Å². The van der Waals surface area contributed by atoms with Crippen molar-refractivity contribution in [3.63, 3.8) is 0 Å². The largest absolute Gasteiger partial charge is 0.377 e. The molecular formula is C15H19N2O2. The molecule has 0 aliphatic heterocycles. The Morgan fingerprint density at radius 1 is 1.47 bits per heavy atom. The second kappa shape index (κ2) is 6.50. The smallest absolute Gasteiger partial charge is 0.176 e. The number of ether oxygens (including phenoxy) is 1. The minimum atomic E-state index is 0.0843. The van der Waals surface area contributed by atoms with Crippen molar-refractivity contribution >= 4 is 16.7 Å². The number of H-pyrrole nitrogens is 1. The first-order chi connectivity index (χ1) is 9.16. The molecule has 0 bridgehead atoms. The number of hydrogen-bond donors (Lipinski definition) is 2. The molecule has 0 aliphatic rings. The van der Waals surface area contributed by atoms with Crippen LogP contribution in [0, 0.1) is 6.07 Å². The Kier molecular flexibility index (Phi) is 4.71. The van der Waals surface area contributed by atoms with Gasteiger partial charge in [0.2, 0.25) is 0 Å². The first kappa shape index (κ1) is 13.8. The number of fused-ring (bicyclic) bond motifs is 1. The lowest BCUT2D eigenvalue weighted by molar-refractivity contribution is 0.0798. The van der Waals surface area contributed by atoms with Crippen LogP contribution in [0.2, 0.25) is 0 Å². The molecule has 1 aromatic carbocycles. The second-order valence-corrected chi connectivity index (χ2v) is 4.71. The molecule has 0 spiro atoms. The minimum absolute atomic E-state index is 0.0843. The van der Waals surface area contributed by atoms with E-state index >= 15 is 0 Å². The predicted octanol–water partition coefficient (Wildman–Crippen LogP) is 2.17. The molecule has 0 fully saturated rings. The summed E-state index contributed by atoms with van der Waals surface area (Å²) in [7, 11) is 0. The van der Waals surface area contributed by atoms with E-state index in [2.05, 4.69) is 16.4 Å². The Morgan fingerprint density at radius 3 is 3.11 bits per heavy atom. The summed E-state index contributed by atoms with van der Waals surface area (Å²) in [6.07, 6.45) is 1.98. The molecule has 4 nitrogen and oxygen atoms in total. The molecule has 1 radical (unpaired) electrons. The molecule has 0 unspecified atom stereocenters. The molecule has 1 heterocycles. The van der Waals surface area contributed by atoms with Crippen LogP contribution in [-0.2, 0) is 4.74 Å². The van der Waals surface area contributed by atoms with E-state index in [1.807, 2.05) is 32.0 Å². The van der Waals surface area contributed by atoms with E-state index in [1.165, 1.54) is 0 Å². The number of hydrogen-bond acceptors (Lipinski definition) is 3. The fourth-order valence-corrected chi connectivity index (χ4v) is 1.83. The quantitative estimate of drug-likeness (QED) is 0.592. The van der Waals surface area contributed by atoms with Crippen LogP contribution in [-0.4, -0.2) is 36.6 Å². The molecule has 0 saturated carbocycles. The molecule has 19 heavy (non-hydrogen) atoms. The van der Waals surface area contributed by atoms with Gasteiger partial charge in [0.15, 0.2) is 5.78 Å². The monoisotopic (exact) mass is 259 g/mol. The van der Waals surface area contributed by atoms with Crippen LogP contribution in [0.5, 0.6) is 0 Å². The third-order valence-corrected chi connectivity index (χ3v) is 2.81. The molecule has 2 rings (SSSR count). The lowest BCUT2D eigenvalue weighted by atomic mass is 10.1. The predicted molar refractivity (Wildman–Crippen MR) is 75.4 cm³/mol. The highest BCUT2D eigenvalue weighted by Gasteiger charge is 2.06. The summed E-state index contributed by atoms with van der Waals surface area (Å²) in [5.41, 5.74) is 1.65. The van der Waals surface area contributed by atoms with Crippen molar-refractivity contribution in [1.29, 1.82) is 0 Å². The molecule has 2 aromatic rings. The fraction of sp³-hybridized carbons (Fsp3) is 0.400. The molecule has 4 heteroatoms. The van der Waals surface area contributed by atoms with E-state index in [-0.39, 0.29) is 11.9 Å². The standard InChI is InChI=1S/C15H19N2O2/c1-11(2)19-8-7-16-10-15(18)13-4-3-12-5-6-17-14(12)9-13/h3-4,6,9,11,16-17H,7-8,10H2,1-2H3. The summed E-state index contributed by atoms with van der Waals surface area (Å²) in [4.78, 5) is 15.0. The van der Waals surface area contributed by atoms with Gasteiger partial charge in [-0.2, -0.15) is 0 Å². The van der Waals surface area contributed by atoms with Crippen molar-refractivity contribution in [3.05, 3.63) is 36.0 Å². The number of Topliss-reactive ketones (excluding diaryl/α,β-unsaturated/α-hetero) is 1. The summed E-state index contributed by atoms with van der Waals surface area (Å²) >= 11 is 0. The Bertz CT molecular complexity index is 546. The highest BCUT2D eigenvalue weighted by molar-refractivity contribution is 6.00. The molecule has 101 valence electrons. The summed E-state index contributed by atoms with van der Waals surface area (Å²) in [5, 5.41) is 4.08. The molecule has 0 amide bonds. The average molecular weight is 259 g/mol. The van der Waals surface area contributed by atoms with Gasteiger partial charge in [-0.1, -0.05) is 12.1 Å². The van der Waals surface area contributed by atoms with Gasteiger partial charge in [-0.15, -0.1) is 0 Å². The van der Waals surface area contributed by atoms with E-state index in [1.54, 1.807) is 6.20 Å². The van der Waals surface area contributed by atoms with E-state index in [0.29, 0.717) is 25.3 Å². The van der Waals surface area contributed by atoms with Gasteiger partial charge in [0.05, 0.1) is 19.3 Å². The van der Waals surface area contributed by atoms with Crippen LogP contribution in [0.1, 0.15) is 24.2 Å². The number of aromatic amines is 1. The minimum Gasteiger partial charge on any atom is -0.377 e. The molecule has 2 N–H and O–H groups in total. The maximum absolute atomic E-state index is 12.0. The number of rotatable bonds is 7. The van der Waals surface area contributed by atoms with Crippen LogP contribution in [0.25, 0.3) is 10.9 Å². The molecule has 0 atom stereocenters. The third-order valence-electron chi connectivity index (χ3n) is 2.81. The van der Waals surface area contributed by atoms with Crippen LogP contribution in [0.4, 0.5) is 0 Å². The maximum Gasteiger partial charge on any atom is 0.176 e. The fourth-order valence-electron chi connectivity index (χ4n) is 1.83. The van der Waals surface area contributed by atoms with Gasteiger partial charge in [0.25, 0.3) is 0 Å². The zero-order chi connectivity index (χ0) is 13.7. The Hall–Kier alpha value is -1.65. The number of nitrogens with one attached hydrogen (secondary N) is 2. The van der Waals surface area contributed by atoms with Crippen molar-refractivity contribution < 1.29 is 9.53 Å². The Morgan fingerprint density at radius 2 is 2.32 bits per heavy atom. The summed E-state index contributed by atoms with van der Waals surface area (Å²) in [5.74, 6) is 0.0843. The number of aromatic nitrogens is 1. The van der Waals surface area contributed by atoms with Crippen molar-refractivity contribution in [2.45, 2.75) is 20.0 Å². The van der Waals surface area contributed by atoms with Crippen molar-refractivity contribution in [3.8, 4) is 0 Å². The van der Waals surface area contributed by atoms with Gasteiger partial charge < -0.3 is 15.0 Å². The molecule has 0 saturated heterocycles. The normalized spacial score (nSPS) is 11.3. The zero-order valence-corrected chi connectivity index (χ0v) is 11.3. The Labute approximate surface area is 113 Å². The average Bonchev–Trinajstić information content (AvgIpc) is 2.84. The van der Waals surface area contributed by atoms with Gasteiger partial charge in [0.1, 0.15) is 0 Å². The SMILES string of the molecule is CC(C)OCCNCC(=O)c1ccc2[c]c[nH]c2c1. The van der Waals surface area contributed by atoms with E-state index in [4.69, 9.17) is 4.74 Å². The molecule has 1 aromatic heterocycles. The van der Waals surface area contributed by atoms with Gasteiger partial charge in [-0.3, -0.25) is 4.79 Å². The van der Waals surface area contributed by atoms with Crippen LogP contribution >= 0.6 is 0 Å². The first-order valence-electron chi connectivity index (χ1n) is 6.51. The summed E-state index contributed by atoms with van der Waals surface area (Å²) < 4.78 is 5.39. The number of ketones is 1. The van der Waals surface area contributed by atoms with E-state index < -0.39 is 0 Å². The van der Waals surface area contributed by atoms with E-state index in [0.717, 1.165) is 10.9 Å². The molecule has 0 aliphatic carbocycles. The van der Waals surface area contributed by atoms with Crippen molar-refractivity contribution in [2.75, 3.05) is 19.7 Å². The van der Waals surface area contributed by atoms with Crippen LogP contribution < -0.4 is 5.32 Å². The van der Waals surface area contributed by atoms with Gasteiger partial charge in [-0.05, 0) is 19.9 Å². The van der Waals surface area contributed by atoms with Crippen molar-refractivity contribution in [2.24, 2.45) is 0 Å². The summed E-state index contributed by atoms with van der Waals surface area (Å²) in [6.45, 7) is 5.62. The van der Waals surface area contributed by atoms with E-state index in [9.17, 15) is 4.79 Å². The van der Waals surface area contributed by atoms with Gasteiger partial charge in [0, 0.05) is 35.3 Å². The second-order valence-electron chi connectivity index (χ2n) is 4.71. The van der Waals surface area contributed by atoms with Gasteiger partial charge in [-0.25, -0.2) is 0 Å². The highest BCUT2D eigenvalue weighted by Crippen LogP contribution is 2.13. The van der Waals surface area contributed by atoms with Crippen LogP contribution in [0.3, 0.4) is 0 Å². The van der Waals surface area contributed by atoms with Crippen molar-refractivity contribution in [1.82, 2.24) is 10.3 Å². The summed E-state index contributed by atoms with van der Waals surface area (Å²) in [6, 6.07) is 8.66. The number of carbonyl (C=O) groups is 1. The molecular weight excluding hydrogens is 240 g/mol. The maximum atomic E-state index is 12.0. The first-order valence-corrected chi connectivity index (χ1v) is 6.51. The third kappa shape index (κ3) is 3.91. The number of benzene rings is 1. The Balaban J connectivity index is 1.82. The highest BCUT2D eigenvalue weighted by atomic mass is 16.5. The van der Waals surface area contributed by atoms with Gasteiger partial charge >= 0.3 is 0 Å². The topological polar surface area (TPSA) is 54.1 Å².